The van der Waals surface area contributed by atoms with Crippen LogP contribution < -0.4 is 10.0 Å². The molecule has 0 radical (unpaired) electrons. The second-order valence-electron chi connectivity index (χ2n) is 4.49. The molecule has 0 heterocycles. The molecule has 0 saturated carbocycles. The van der Waals surface area contributed by atoms with Gasteiger partial charge in [-0.3, -0.25) is 4.31 Å². The molecule has 0 atom stereocenters. The summed E-state index contributed by atoms with van der Waals surface area (Å²) in [5.41, 5.74) is 7.58. The molecule has 0 spiro atoms. The molecule has 2 aromatic rings. The lowest BCUT2D eigenvalue weighted by molar-refractivity contribution is 0.596. The van der Waals surface area contributed by atoms with Gasteiger partial charge in [0.05, 0.1) is 18.5 Å². The van der Waals surface area contributed by atoms with Crippen molar-refractivity contribution in [2.24, 2.45) is 0 Å². The highest BCUT2D eigenvalue weighted by Crippen LogP contribution is 2.23. The van der Waals surface area contributed by atoms with Crippen LogP contribution in [0.5, 0.6) is 0 Å². The van der Waals surface area contributed by atoms with Crippen LogP contribution in [0.1, 0.15) is 5.56 Å². The van der Waals surface area contributed by atoms with E-state index in [9.17, 15) is 8.42 Å². The number of nitrogens with two attached hydrogens (primary N) is 1. The molecule has 6 heteroatoms. The zero-order valence-electron chi connectivity index (χ0n) is 11.0. The summed E-state index contributed by atoms with van der Waals surface area (Å²) in [6.45, 7) is 0.211. The van der Waals surface area contributed by atoms with Crippen molar-refractivity contribution < 1.29 is 8.42 Å². The average molecular weight is 311 g/mol. The van der Waals surface area contributed by atoms with E-state index >= 15 is 0 Å². The van der Waals surface area contributed by atoms with Crippen LogP contribution in [0.3, 0.4) is 0 Å². The third kappa shape index (κ3) is 3.65. The highest BCUT2D eigenvalue weighted by Gasteiger charge is 2.18. The van der Waals surface area contributed by atoms with E-state index in [2.05, 4.69) is 0 Å². The summed E-state index contributed by atoms with van der Waals surface area (Å²) in [6.07, 6.45) is 1.17. The molecular weight excluding hydrogens is 296 g/mol. The predicted octanol–water partition coefficient (Wildman–Crippen LogP) is 2.89. The van der Waals surface area contributed by atoms with Gasteiger partial charge >= 0.3 is 0 Å². The van der Waals surface area contributed by atoms with Gasteiger partial charge in [-0.05, 0) is 35.9 Å². The third-order valence-electron chi connectivity index (χ3n) is 2.77. The van der Waals surface area contributed by atoms with Gasteiger partial charge in [0.2, 0.25) is 10.0 Å². The van der Waals surface area contributed by atoms with Crippen molar-refractivity contribution in [3.05, 3.63) is 59.1 Å². The number of nitrogen functional groups attached to an aromatic ring is 1. The number of benzene rings is 2. The Hall–Kier alpha value is -1.72. The second-order valence-corrected chi connectivity index (χ2v) is 6.84. The van der Waals surface area contributed by atoms with Crippen molar-refractivity contribution in [1.29, 1.82) is 0 Å². The molecule has 0 aliphatic heterocycles. The third-order valence-corrected chi connectivity index (χ3v) is 4.15. The first kappa shape index (κ1) is 14.7. The number of sulfonamides is 1. The van der Waals surface area contributed by atoms with Crippen LogP contribution in [-0.2, 0) is 16.6 Å². The van der Waals surface area contributed by atoms with E-state index in [4.69, 9.17) is 17.3 Å². The van der Waals surface area contributed by atoms with Crippen molar-refractivity contribution in [3.63, 3.8) is 0 Å². The van der Waals surface area contributed by atoms with Gasteiger partial charge in [0.15, 0.2) is 0 Å². The van der Waals surface area contributed by atoms with Crippen LogP contribution in [0.25, 0.3) is 0 Å². The van der Waals surface area contributed by atoms with Crippen LogP contribution >= 0.6 is 11.6 Å². The van der Waals surface area contributed by atoms with E-state index in [1.165, 1.54) is 10.6 Å². The SMILES string of the molecule is CS(=O)(=O)N(Cc1cccc(Cl)c1)c1cccc(N)c1. The van der Waals surface area contributed by atoms with Gasteiger partial charge in [0.25, 0.3) is 0 Å². The molecular formula is C14H15ClN2O2S. The summed E-state index contributed by atoms with van der Waals surface area (Å²) < 4.78 is 25.3. The first-order valence-electron chi connectivity index (χ1n) is 5.94. The molecule has 0 saturated heterocycles. The predicted molar refractivity (Wildman–Crippen MR) is 83.3 cm³/mol. The van der Waals surface area contributed by atoms with Gasteiger partial charge in [-0.25, -0.2) is 8.42 Å². The molecule has 20 heavy (non-hydrogen) atoms. The van der Waals surface area contributed by atoms with Gasteiger partial charge in [-0.15, -0.1) is 0 Å². The minimum Gasteiger partial charge on any atom is -0.399 e. The van der Waals surface area contributed by atoms with Crippen LogP contribution in [0.15, 0.2) is 48.5 Å². The van der Waals surface area contributed by atoms with Gasteiger partial charge in [-0.1, -0.05) is 29.8 Å². The molecule has 0 fully saturated rings. The second kappa shape index (κ2) is 5.73. The maximum atomic E-state index is 12.0. The fraction of sp³-hybridized carbons (Fsp3) is 0.143. The van der Waals surface area contributed by atoms with Gasteiger partial charge < -0.3 is 5.73 Å². The monoisotopic (exact) mass is 310 g/mol. The molecule has 0 unspecified atom stereocenters. The van der Waals surface area contributed by atoms with Crippen molar-refractivity contribution in [1.82, 2.24) is 0 Å². The van der Waals surface area contributed by atoms with Crippen molar-refractivity contribution in [2.45, 2.75) is 6.54 Å². The summed E-state index contributed by atoms with van der Waals surface area (Å²) in [4.78, 5) is 0. The standard InChI is InChI=1S/C14H15ClN2O2S/c1-20(18,19)17(14-7-3-6-13(16)9-14)10-11-4-2-5-12(15)8-11/h2-9H,10,16H2,1H3. The Morgan fingerprint density at radius 1 is 1.15 bits per heavy atom. The largest absolute Gasteiger partial charge is 0.399 e. The number of hydrogen-bond donors (Lipinski definition) is 1. The van der Waals surface area contributed by atoms with E-state index in [0.29, 0.717) is 16.4 Å². The zero-order chi connectivity index (χ0) is 14.8. The van der Waals surface area contributed by atoms with E-state index in [-0.39, 0.29) is 6.54 Å². The Bertz CT molecular complexity index is 717. The highest BCUT2D eigenvalue weighted by molar-refractivity contribution is 7.92. The van der Waals surface area contributed by atoms with Crippen LogP contribution in [0.4, 0.5) is 11.4 Å². The van der Waals surface area contributed by atoms with Crippen LogP contribution in [-0.4, -0.2) is 14.7 Å². The number of anilines is 2. The molecule has 0 aromatic heterocycles. The minimum atomic E-state index is -3.41. The molecule has 0 aliphatic carbocycles. The minimum absolute atomic E-state index is 0.211. The fourth-order valence-corrected chi connectivity index (χ4v) is 2.97. The summed E-state index contributed by atoms with van der Waals surface area (Å²) in [7, 11) is -3.41. The number of halogens is 1. The first-order valence-corrected chi connectivity index (χ1v) is 8.16. The highest BCUT2D eigenvalue weighted by atomic mass is 35.5. The first-order chi connectivity index (χ1) is 9.36. The number of hydrogen-bond acceptors (Lipinski definition) is 3. The van der Waals surface area contributed by atoms with Gasteiger partial charge in [0.1, 0.15) is 0 Å². The van der Waals surface area contributed by atoms with Crippen LogP contribution in [0.2, 0.25) is 5.02 Å². The van der Waals surface area contributed by atoms with Crippen molar-refractivity contribution in [3.8, 4) is 0 Å². The maximum absolute atomic E-state index is 12.0. The summed E-state index contributed by atoms with van der Waals surface area (Å²) in [6, 6.07) is 13.9. The molecule has 4 nitrogen and oxygen atoms in total. The van der Waals surface area contributed by atoms with E-state index in [1.807, 2.05) is 6.07 Å². The Kier molecular flexibility index (Phi) is 4.20. The van der Waals surface area contributed by atoms with E-state index in [1.54, 1.807) is 42.5 Å². The van der Waals surface area contributed by atoms with Gasteiger partial charge in [-0.2, -0.15) is 0 Å². The lowest BCUT2D eigenvalue weighted by Gasteiger charge is -2.23. The molecule has 2 rings (SSSR count). The Balaban J connectivity index is 2.40. The van der Waals surface area contributed by atoms with E-state index < -0.39 is 10.0 Å². The molecule has 106 valence electrons. The summed E-state index contributed by atoms with van der Waals surface area (Å²) in [5, 5.41) is 0.573. The van der Waals surface area contributed by atoms with E-state index in [0.717, 1.165) is 5.56 Å². The molecule has 0 amide bonds. The van der Waals surface area contributed by atoms with Crippen LogP contribution in [0, 0.1) is 0 Å². The number of rotatable bonds is 4. The number of nitrogens with zero attached hydrogens (tertiary/aromatic N) is 1. The maximum Gasteiger partial charge on any atom is 0.232 e. The smallest absolute Gasteiger partial charge is 0.232 e. The quantitative estimate of drug-likeness (QED) is 0.883. The van der Waals surface area contributed by atoms with Gasteiger partial charge in [0, 0.05) is 10.7 Å². The summed E-state index contributed by atoms with van der Waals surface area (Å²) in [5.74, 6) is 0. The molecule has 2 aromatic carbocycles. The van der Waals surface area contributed by atoms with Crippen molar-refractivity contribution in [2.75, 3.05) is 16.3 Å². The Morgan fingerprint density at radius 3 is 2.45 bits per heavy atom. The van der Waals surface area contributed by atoms with Crippen molar-refractivity contribution >= 4 is 33.0 Å². The topological polar surface area (TPSA) is 63.4 Å². The Labute approximate surface area is 123 Å². The fourth-order valence-electron chi connectivity index (χ4n) is 1.88. The molecule has 0 bridgehead atoms. The summed E-state index contributed by atoms with van der Waals surface area (Å²) >= 11 is 5.93. The Morgan fingerprint density at radius 2 is 1.85 bits per heavy atom. The molecule has 0 aliphatic rings. The average Bonchev–Trinajstić information content (AvgIpc) is 2.34. The zero-order valence-corrected chi connectivity index (χ0v) is 12.5. The lowest BCUT2D eigenvalue weighted by atomic mass is 10.2. The normalized spacial score (nSPS) is 11.3. The molecule has 2 N–H and O–H groups in total. The lowest BCUT2D eigenvalue weighted by Crippen LogP contribution is -2.29.